The minimum atomic E-state index is 0.499. The van der Waals surface area contributed by atoms with Gasteiger partial charge in [0.1, 0.15) is 6.29 Å². The van der Waals surface area contributed by atoms with E-state index < -0.39 is 0 Å². The molecule has 4 nitrogen and oxygen atoms in total. The van der Waals surface area contributed by atoms with Gasteiger partial charge in [0.2, 0.25) is 0 Å². The summed E-state index contributed by atoms with van der Waals surface area (Å²) in [5, 5.41) is 8.50. The van der Waals surface area contributed by atoms with Crippen LogP contribution in [-0.4, -0.2) is 48.8 Å². The number of carbonyl (C=O) groups is 1. The highest BCUT2D eigenvalue weighted by molar-refractivity contribution is 5.51. The van der Waals surface area contributed by atoms with E-state index in [-0.39, 0.29) is 0 Å². The molecule has 0 unspecified atom stereocenters. The molecular weight excluding hydrogens is 142 g/mol. The van der Waals surface area contributed by atoms with Gasteiger partial charge in [-0.25, -0.2) is 0 Å². The van der Waals surface area contributed by atoms with Crippen LogP contribution in [0.15, 0.2) is 0 Å². The summed E-state index contributed by atoms with van der Waals surface area (Å²) in [4.78, 5) is 13.9. The lowest BCUT2D eigenvalue weighted by molar-refractivity contribution is -0.109. The van der Waals surface area contributed by atoms with Gasteiger partial charge in [-0.15, -0.1) is 0 Å². The summed E-state index contributed by atoms with van der Waals surface area (Å²) >= 11 is 0. The van der Waals surface area contributed by atoms with Crippen LogP contribution in [0.3, 0.4) is 0 Å². The monoisotopic (exact) mass is 153 g/mol. The molecule has 1 heterocycles. The Balaban J connectivity index is 2.25. The molecule has 4 heteroatoms. The van der Waals surface area contributed by atoms with E-state index in [1.807, 2.05) is 4.90 Å². The van der Waals surface area contributed by atoms with Gasteiger partial charge in [0.05, 0.1) is 6.54 Å². The van der Waals surface area contributed by atoms with Crippen LogP contribution in [0.4, 0.5) is 0 Å². The Kier molecular flexibility index (Phi) is 2.87. The minimum absolute atomic E-state index is 0.499. The van der Waals surface area contributed by atoms with Crippen molar-refractivity contribution in [1.82, 2.24) is 9.80 Å². The molecule has 0 aliphatic carbocycles. The van der Waals surface area contributed by atoms with Crippen LogP contribution >= 0.6 is 0 Å². The van der Waals surface area contributed by atoms with Crippen LogP contribution in [0.25, 0.3) is 0 Å². The van der Waals surface area contributed by atoms with Gasteiger partial charge in [-0.2, -0.15) is 5.26 Å². The Hall–Kier alpha value is -1.08. The third-order valence-corrected chi connectivity index (χ3v) is 1.85. The average Bonchev–Trinajstić information content (AvgIpc) is 2.07. The lowest BCUT2D eigenvalue weighted by Crippen LogP contribution is -2.44. The van der Waals surface area contributed by atoms with Crippen LogP contribution in [0.5, 0.6) is 0 Å². The Morgan fingerprint density at radius 2 is 2.00 bits per heavy atom. The summed E-state index contributed by atoms with van der Waals surface area (Å²) in [6, 6.07) is 0. The molecule has 0 spiro atoms. The molecule has 1 aliphatic heterocycles. The van der Waals surface area contributed by atoms with Crippen molar-refractivity contribution in [1.29, 1.82) is 5.26 Å². The predicted molar refractivity (Wildman–Crippen MR) is 39.7 cm³/mol. The maximum Gasteiger partial charge on any atom is 0.179 e. The second kappa shape index (κ2) is 3.94. The molecule has 1 aliphatic rings. The second-order valence-corrected chi connectivity index (χ2v) is 2.55. The van der Waals surface area contributed by atoms with E-state index in [1.54, 1.807) is 4.90 Å². The minimum Gasteiger partial charge on any atom is -0.308 e. The molecule has 0 aromatic rings. The van der Waals surface area contributed by atoms with E-state index in [9.17, 15) is 4.79 Å². The van der Waals surface area contributed by atoms with Gasteiger partial charge in [-0.3, -0.25) is 4.90 Å². The third-order valence-electron chi connectivity index (χ3n) is 1.85. The molecule has 0 aromatic heterocycles. The van der Waals surface area contributed by atoms with Crippen LogP contribution in [0.2, 0.25) is 0 Å². The van der Waals surface area contributed by atoms with E-state index in [2.05, 4.69) is 6.19 Å². The average molecular weight is 153 g/mol. The van der Waals surface area contributed by atoms with Crippen LogP contribution in [-0.2, 0) is 4.79 Å². The lowest BCUT2D eigenvalue weighted by Gasteiger charge is -2.29. The quantitative estimate of drug-likeness (QED) is 0.388. The highest BCUT2D eigenvalue weighted by Crippen LogP contribution is 1.97. The fraction of sp³-hybridized carbons (Fsp3) is 0.714. The van der Waals surface area contributed by atoms with Crippen LogP contribution in [0, 0.1) is 11.5 Å². The first-order valence-corrected chi connectivity index (χ1v) is 3.67. The summed E-state index contributed by atoms with van der Waals surface area (Å²) in [5.74, 6) is 0. The SMILES string of the molecule is N#CN1CCN(CC=O)CC1. The zero-order chi connectivity index (χ0) is 8.10. The molecule has 0 amide bonds. The first kappa shape index (κ1) is 8.02. The van der Waals surface area contributed by atoms with Gasteiger partial charge in [0.25, 0.3) is 0 Å². The van der Waals surface area contributed by atoms with Crippen LogP contribution < -0.4 is 0 Å². The topological polar surface area (TPSA) is 47.3 Å². The van der Waals surface area contributed by atoms with Gasteiger partial charge in [0, 0.05) is 26.2 Å². The lowest BCUT2D eigenvalue weighted by atomic mass is 10.3. The van der Waals surface area contributed by atoms with Gasteiger partial charge in [-0.1, -0.05) is 0 Å². The number of nitriles is 1. The molecule has 0 bridgehead atoms. The van der Waals surface area contributed by atoms with Gasteiger partial charge < -0.3 is 9.69 Å². The van der Waals surface area contributed by atoms with Crippen molar-refractivity contribution in [2.45, 2.75) is 0 Å². The van der Waals surface area contributed by atoms with E-state index in [0.29, 0.717) is 6.54 Å². The fourth-order valence-corrected chi connectivity index (χ4v) is 1.14. The number of hydrogen-bond acceptors (Lipinski definition) is 4. The van der Waals surface area contributed by atoms with E-state index >= 15 is 0 Å². The normalized spacial score (nSPS) is 19.4. The smallest absolute Gasteiger partial charge is 0.179 e. The summed E-state index contributed by atoms with van der Waals surface area (Å²) in [6.07, 6.45) is 2.99. The Bertz CT molecular complexity index is 167. The number of rotatable bonds is 2. The maximum atomic E-state index is 10.1. The molecule has 0 saturated carbocycles. The van der Waals surface area contributed by atoms with Crippen molar-refractivity contribution in [2.24, 2.45) is 0 Å². The molecule has 1 saturated heterocycles. The first-order chi connectivity index (χ1) is 5.36. The van der Waals surface area contributed by atoms with E-state index in [1.165, 1.54) is 0 Å². The van der Waals surface area contributed by atoms with E-state index in [0.717, 1.165) is 32.5 Å². The first-order valence-electron chi connectivity index (χ1n) is 3.67. The number of hydrogen-bond donors (Lipinski definition) is 0. The van der Waals surface area contributed by atoms with Crippen molar-refractivity contribution in [3.63, 3.8) is 0 Å². The molecule has 60 valence electrons. The molecular formula is C7H11N3O. The number of aldehydes is 1. The molecule has 11 heavy (non-hydrogen) atoms. The van der Waals surface area contributed by atoms with Gasteiger partial charge in [-0.05, 0) is 0 Å². The van der Waals surface area contributed by atoms with Crippen molar-refractivity contribution >= 4 is 6.29 Å². The molecule has 0 aromatic carbocycles. The summed E-state index contributed by atoms with van der Waals surface area (Å²) < 4.78 is 0. The molecule has 1 fully saturated rings. The Morgan fingerprint density at radius 3 is 2.45 bits per heavy atom. The Labute approximate surface area is 66.0 Å². The molecule has 0 radical (unpaired) electrons. The van der Waals surface area contributed by atoms with Gasteiger partial charge >= 0.3 is 0 Å². The summed E-state index contributed by atoms with van der Waals surface area (Å²) in [5.41, 5.74) is 0. The standard InChI is InChI=1S/C7H11N3O/c8-7-10-3-1-9(2-4-10)5-6-11/h6H,1-5H2. The van der Waals surface area contributed by atoms with Crippen molar-refractivity contribution < 1.29 is 4.79 Å². The Morgan fingerprint density at radius 1 is 1.36 bits per heavy atom. The number of nitrogens with zero attached hydrogens (tertiary/aromatic N) is 3. The molecule has 0 atom stereocenters. The second-order valence-electron chi connectivity index (χ2n) is 2.55. The summed E-state index contributed by atoms with van der Waals surface area (Å²) in [6.45, 7) is 3.66. The summed E-state index contributed by atoms with van der Waals surface area (Å²) in [7, 11) is 0. The van der Waals surface area contributed by atoms with Gasteiger partial charge in [0.15, 0.2) is 6.19 Å². The largest absolute Gasteiger partial charge is 0.308 e. The third kappa shape index (κ3) is 2.20. The maximum absolute atomic E-state index is 10.1. The van der Waals surface area contributed by atoms with Crippen molar-refractivity contribution in [3.8, 4) is 6.19 Å². The number of carbonyl (C=O) groups excluding carboxylic acids is 1. The number of piperazine rings is 1. The fourth-order valence-electron chi connectivity index (χ4n) is 1.14. The highest BCUT2D eigenvalue weighted by Gasteiger charge is 2.13. The highest BCUT2D eigenvalue weighted by atomic mass is 16.1. The zero-order valence-corrected chi connectivity index (χ0v) is 6.36. The van der Waals surface area contributed by atoms with Crippen LogP contribution in [0.1, 0.15) is 0 Å². The van der Waals surface area contributed by atoms with E-state index in [4.69, 9.17) is 5.26 Å². The molecule has 0 N–H and O–H groups in total. The van der Waals surface area contributed by atoms with Crippen molar-refractivity contribution in [2.75, 3.05) is 32.7 Å². The van der Waals surface area contributed by atoms with Crippen molar-refractivity contribution in [3.05, 3.63) is 0 Å². The predicted octanol–water partition coefficient (Wildman–Crippen LogP) is -0.716. The zero-order valence-electron chi connectivity index (χ0n) is 6.36. The molecule has 1 rings (SSSR count).